The van der Waals surface area contributed by atoms with Crippen LogP contribution in [-0.2, 0) is 0 Å². The summed E-state index contributed by atoms with van der Waals surface area (Å²) in [6.07, 6.45) is 3.01. The van der Waals surface area contributed by atoms with Crippen LogP contribution >= 0.6 is 0 Å². The van der Waals surface area contributed by atoms with E-state index in [0.717, 1.165) is 0 Å². The van der Waals surface area contributed by atoms with Gasteiger partial charge in [0, 0.05) is 12.4 Å². The van der Waals surface area contributed by atoms with E-state index >= 15 is 8.78 Å². The van der Waals surface area contributed by atoms with Crippen LogP contribution < -0.4 is 0 Å². The molecule has 8 heteroatoms. The predicted octanol–water partition coefficient (Wildman–Crippen LogP) is 7.03. The van der Waals surface area contributed by atoms with Crippen molar-refractivity contribution in [2.75, 3.05) is 0 Å². The Hall–Kier alpha value is -5.08. The number of rotatable bonds is 2. The van der Waals surface area contributed by atoms with Gasteiger partial charge in [0.15, 0.2) is 23.3 Å². The highest BCUT2D eigenvalue weighted by molar-refractivity contribution is 6.04. The van der Waals surface area contributed by atoms with Gasteiger partial charge in [0.25, 0.3) is 0 Å². The third-order valence-corrected chi connectivity index (χ3v) is 6.37. The molecule has 4 aromatic carbocycles. The molecule has 172 valence electrons. The van der Waals surface area contributed by atoms with Crippen molar-refractivity contribution in [2.24, 2.45) is 0 Å². The molecular weight excluding hydrogens is 468 g/mol. The molecule has 0 spiro atoms. The number of benzene rings is 4. The molecule has 0 fully saturated rings. The van der Waals surface area contributed by atoms with Crippen molar-refractivity contribution in [2.45, 2.75) is 0 Å². The van der Waals surface area contributed by atoms with Gasteiger partial charge in [-0.15, -0.1) is 0 Å². The number of nitriles is 2. The number of hydrogen-bond acceptors (Lipinski definition) is 2. The van der Waals surface area contributed by atoms with Crippen LogP contribution in [0.5, 0.6) is 0 Å². The van der Waals surface area contributed by atoms with Crippen molar-refractivity contribution in [3.05, 3.63) is 107 Å². The lowest BCUT2D eigenvalue weighted by Gasteiger charge is -2.20. The Morgan fingerprint density at radius 2 is 0.917 bits per heavy atom. The van der Waals surface area contributed by atoms with Crippen LogP contribution in [0.25, 0.3) is 44.0 Å². The molecule has 0 saturated carbocycles. The van der Waals surface area contributed by atoms with Gasteiger partial charge in [-0.1, -0.05) is 36.4 Å². The first-order chi connectivity index (χ1) is 17.5. The predicted molar refractivity (Wildman–Crippen MR) is 127 cm³/mol. The van der Waals surface area contributed by atoms with E-state index in [1.54, 1.807) is 60.7 Å². The maximum absolute atomic E-state index is 15.6. The first-order valence-electron chi connectivity index (χ1n) is 10.8. The maximum atomic E-state index is 15.6. The van der Waals surface area contributed by atoms with Gasteiger partial charge in [-0.2, -0.15) is 10.5 Å². The maximum Gasteiger partial charge on any atom is 0.198 e. The normalized spacial score (nSPS) is 11.3. The average Bonchev–Trinajstić information content (AvgIpc) is 3.53. The van der Waals surface area contributed by atoms with E-state index in [4.69, 9.17) is 0 Å². The fraction of sp³-hybridized carbons (Fsp3) is 0. The number of fused-ring (bicyclic) bond motifs is 3. The Morgan fingerprint density at radius 3 is 1.31 bits per heavy atom. The number of hydrogen-bond donors (Lipinski definition) is 0. The molecule has 0 amide bonds. The average molecular weight is 480 g/mol. The van der Waals surface area contributed by atoms with Crippen LogP contribution in [0.15, 0.2) is 73.1 Å². The second-order valence-corrected chi connectivity index (χ2v) is 8.17. The van der Waals surface area contributed by atoms with E-state index in [1.807, 2.05) is 12.1 Å². The molecule has 0 atom stereocenters. The number of nitrogens with zero attached hydrogens (tertiary/aromatic N) is 4. The zero-order chi connectivity index (χ0) is 25.1. The molecule has 2 heterocycles. The van der Waals surface area contributed by atoms with Crippen molar-refractivity contribution in [1.29, 1.82) is 10.5 Å². The molecular formula is C28H12F4N4. The lowest BCUT2D eigenvalue weighted by atomic mass is 9.94. The molecule has 0 aliphatic heterocycles. The van der Waals surface area contributed by atoms with E-state index in [-0.39, 0.29) is 22.5 Å². The molecule has 0 bridgehead atoms. The minimum atomic E-state index is -2.00. The van der Waals surface area contributed by atoms with Gasteiger partial charge in [0.05, 0.1) is 44.3 Å². The van der Waals surface area contributed by atoms with Crippen LogP contribution in [0.2, 0.25) is 0 Å². The first-order valence-corrected chi connectivity index (χ1v) is 10.8. The molecule has 6 rings (SSSR count). The molecule has 0 saturated heterocycles. The summed E-state index contributed by atoms with van der Waals surface area (Å²) in [5, 5.41) is 20.5. The number of halogens is 4. The van der Waals surface area contributed by atoms with Crippen molar-refractivity contribution in [1.82, 2.24) is 9.13 Å². The van der Waals surface area contributed by atoms with Crippen LogP contribution in [0.4, 0.5) is 17.6 Å². The van der Waals surface area contributed by atoms with Gasteiger partial charge in [0.2, 0.25) is 0 Å². The molecule has 2 aromatic heterocycles. The molecule has 6 aromatic rings. The monoisotopic (exact) mass is 480 g/mol. The third kappa shape index (κ3) is 2.73. The van der Waals surface area contributed by atoms with Gasteiger partial charge < -0.3 is 9.13 Å². The molecule has 0 aliphatic carbocycles. The lowest BCUT2D eigenvalue weighted by molar-refractivity contribution is 0.418. The van der Waals surface area contributed by atoms with Gasteiger partial charge in [0.1, 0.15) is 12.1 Å². The van der Waals surface area contributed by atoms with Crippen LogP contribution in [0.1, 0.15) is 11.1 Å². The van der Waals surface area contributed by atoms with E-state index in [1.165, 1.54) is 21.5 Å². The van der Waals surface area contributed by atoms with E-state index in [2.05, 4.69) is 0 Å². The fourth-order valence-corrected chi connectivity index (χ4v) is 4.82. The first kappa shape index (κ1) is 21.5. The molecule has 0 N–H and O–H groups in total. The number of aromatic nitrogens is 2. The summed E-state index contributed by atoms with van der Waals surface area (Å²) in [6.45, 7) is 0. The Labute approximate surface area is 201 Å². The summed E-state index contributed by atoms with van der Waals surface area (Å²) in [7, 11) is 0. The van der Waals surface area contributed by atoms with Gasteiger partial charge in [-0.25, -0.2) is 17.6 Å². The van der Waals surface area contributed by atoms with E-state index in [0.29, 0.717) is 21.8 Å². The largest absolute Gasteiger partial charge is 0.315 e. The highest BCUT2D eigenvalue weighted by Crippen LogP contribution is 2.42. The second kappa shape index (κ2) is 7.72. The summed E-state index contributed by atoms with van der Waals surface area (Å²) in [4.78, 5) is 0. The second-order valence-electron chi connectivity index (χ2n) is 8.17. The highest BCUT2D eigenvalue weighted by Gasteiger charge is 2.31. The Morgan fingerprint density at radius 1 is 0.528 bits per heavy atom. The summed E-state index contributed by atoms with van der Waals surface area (Å²) in [5.41, 5.74) is -0.0980. The van der Waals surface area contributed by atoms with Crippen molar-refractivity contribution < 1.29 is 17.6 Å². The van der Waals surface area contributed by atoms with Crippen LogP contribution in [-0.4, -0.2) is 9.13 Å². The molecule has 4 nitrogen and oxygen atoms in total. The standard InChI is InChI=1S/C28H12F4N4/c29-23-21-22(24(30)26(32)25(23)31)28(36-12-10-16-6-2-4-8-20(16)36)18(14-34)17(13-33)27(21)35-11-9-15-5-1-3-7-19(15)35/h1-12H. The van der Waals surface area contributed by atoms with Crippen LogP contribution in [0.3, 0.4) is 0 Å². The molecule has 0 radical (unpaired) electrons. The van der Waals surface area contributed by atoms with E-state index < -0.39 is 34.0 Å². The summed E-state index contributed by atoms with van der Waals surface area (Å²) >= 11 is 0. The van der Waals surface area contributed by atoms with Crippen molar-refractivity contribution >= 4 is 32.6 Å². The Bertz CT molecular complexity index is 1830. The van der Waals surface area contributed by atoms with Gasteiger partial charge in [-0.05, 0) is 35.0 Å². The quantitative estimate of drug-likeness (QED) is 0.152. The van der Waals surface area contributed by atoms with Crippen molar-refractivity contribution in [3.8, 4) is 23.5 Å². The van der Waals surface area contributed by atoms with E-state index in [9.17, 15) is 19.3 Å². The lowest BCUT2D eigenvalue weighted by Crippen LogP contribution is -2.11. The topological polar surface area (TPSA) is 57.4 Å². The van der Waals surface area contributed by atoms with Gasteiger partial charge in [-0.3, -0.25) is 0 Å². The molecule has 36 heavy (non-hydrogen) atoms. The highest BCUT2D eigenvalue weighted by atomic mass is 19.2. The minimum Gasteiger partial charge on any atom is -0.315 e. The molecule has 0 unspecified atom stereocenters. The minimum absolute atomic E-state index is 0.249. The summed E-state index contributed by atoms with van der Waals surface area (Å²) in [6, 6.07) is 21.0. The third-order valence-electron chi connectivity index (χ3n) is 6.37. The number of para-hydroxylation sites is 2. The zero-order valence-electron chi connectivity index (χ0n) is 18.2. The Balaban J connectivity index is 1.93. The fourth-order valence-electron chi connectivity index (χ4n) is 4.82. The zero-order valence-corrected chi connectivity index (χ0v) is 18.2. The summed E-state index contributed by atoms with van der Waals surface area (Å²) < 4.78 is 63.2. The SMILES string of the molecule is N#Cc1c(C#N)c(-n2ccc3ccccc32)c2c(F)c(F)c(F)c(F)c2c1-n1ccc2ccccc21. The molecule has 0 aliphatic rings. The Kier molecular flexibility index (Phi) is 4.60. The van der Waals surface area contributed by atoms with Crippen molar-refractivity contribution in [3.63, 3.8) is 0 Å². The summed E-state index contributed by atoms with van der Waals surface area (Å²) in [5.74, 6) is -7.32. The van der Waals surface area contributed by atoms with Crippen LogP contribution in [0, 0.1) is 45.9 Å². The van der Waals surface area contributed by atoms with Gasteiger partial charge >= 0.3 is 0 Å². The smallest absolute Gasteiger partial charge is 0.198 e.